The van der Waals surface area contributed by atoms with Crippen molar-refractivity contribution < 1.29 is 14.4 Å². The van der Waals surface area contributed by atoms with Gasteiger partial charge < -0.3 is 15.2 Å². The fourth-order valence-corrected chi connectivity index (χ4v) is 1.64. The van der Waals surface area contributed by atoms with Crippen molar-refractivity contribution in [1.82, 2.24) is 4.98 Å². The summed E-state index contributed by atoms with van der Waals surface area (Å²) in [5.41, 5.74) is 5.65. The molecule has 2 rings (SSSR count). The summed E-state index contributed by atoms with van der Waals surface area (Å²) in [5, 5.41) is 10.8. The maximum atomic E-state index is 10.8. The first-order valence-electron chi connectivity index (χ1n) is 4.71. The number of aromatic nitrogens is 1. The maximum Gasteiger partial charge on any atom is 0.296 e. The van der Waals surface area contributed by atoms with Crippen LogP contribution in [0.4, 0.5) is 11.5 Å². The number of hydrogen-bond acceptors (Lipinski definition) is 6. The van der Waals surface area contributed by atoms with Crippen molar-refractivity contribution >= 4 is 11.5 Å². The highest BCUT2D eigenvalue weighted by Crippen LogP contribution is 2.36. The zero-order chi connectivity index (χ0) is 11.8. The minimum Gasteiger partial charge on any atom is -0.384 e. The lowest BCUT2D eigenvalue weighted by Crippen LogP contribution is -2.24. The lowest BCUT2D eigenvalue weighted by Gasteiger charge is -2.22. The van der Waals surface area contributed by atoms with Gasteiger partial charge in [-0.2, -0.15) is 0 Å². The van der Waals surface area contributed by atoms with E-state index in [2.05, 4.69) is 4.98 Å². The van der Waals surface area contributed by atoms with Gasteiger partial charge in [-0.25, -0.2) is 4.98 Å². The van der Waals surface area contributed by atoms with Gasteiger partial charge in [0.1, 0.15) is 12.0 Å². The average Bonchev–Trinajstić information content (AvgIpc) is 2.66. The Kier molecular flexibility index (Phi) is 2.49. The van der Waals surface area contributed by atoms with E-state index in [0.717, 1.165) is 6.20 Å². The molecule has 1 aliphatic heterocycles. The van der Waals surface area contributed by atoms with Gasteiger partial charge in [0.25, 0.3) is 5.69 Å². The minimum absolute atomic E-state index is 0.154. The monoisotopic (exact) mass is 225 g/mol. The van der Waals surface area contributed by atoms with Crippen LogP contribution < -0.4 is 5.73 Å². The number of rotatable bonds is 2. The van der Waals surface area contributed by atoms with Gasteiger partial charge in [0.15, 0.2) is 5.79 Å². The second-order valence-electron chi connectivity index (χ2n) is 3.53. The van der Waals surface area contributed by atoms with E-state index in [1.165, 1.54) is 6.07 Å². The van der Waals surface area contributed by atoms with Crippen LogP contribution in [0, 0.1) is 10.1 Å². The Morgan fingerprint density at radius 1 is 1.56 bits per heavy atom. The Hall–Kier alpha value is -1.73. The van der Waals surface area contributed by atoms with Gasteiger partial charge in [-0.1, -0.05) is 0 Å². The number of nitro groups is 1. The molecule has 0 aromatic carbocycles. The number of anilines is 1. The van der Waals surface area contributed by atoms with Crippen molar-refractivity contribution in [3.63, 3.8) is 0 Å². The molecule has 0 radical (unpaired) electrons. The van der Waals surface area contributed by atoms with Gasteiger partial charge in [0.2, 0.25) is 0 Å². The normalized spacial score (nSPS) is 18.6. The molecule has 1 aromatic heterocycles. The van der Waals surface area contributed by atoms with E-state index >= 15 is 0 Å². The third-order valence-electron chi connectivity index (χ3n) is 2.43. The van der Waals surface area contributed by atoms with E-state index in [-0.39, 0.29) is 11.5 Å². The molecule has 0 spiro atoms. The summed E-state index contributed by atoms with van der Waals surface area (Å²) < 4.78 is 10.7. The van der Waals surface area contributed by atoms with Crippen LogP contribution in [0.5, 0.6) is 0 Å². The molecule has 1 aromatic rings. The van der Waals surface area contributed by atoms with Crippen LogP contribution in [0.1, 0.15) is 12.5 Å². The predicted molar refractivity (Wildman–Crippen MR) is 54.6 cm³/mol. The van der Waals surface area contributed by atoms with Crippen LogP contribution in [0.15, 0.2) is 12.3 Å². The molecule has 2 heterocycles. The Balaban J connectivity index is 2.52. The summed E-state index contributed by atoms with van der Waals surface area (Å²) in [6, 6.07) is 1.41. The second-order valence-corrected chi connectivity index (χ2v) is 3.53. The highest BCUT2D eigenvalue weighted by Gasteiger charge is 2.39. The van der Waals surface area contributed by atoms with Crippen molar-refractivity contribution in [1.29, 1.82) is 0 Å². The molecule has 7 nitrogen and oxygen atoms in total. The van der Waals surface area contributed by atoms with Crippen LogP contribution in [-0.4, -0.2) is 23.1 Å². The van der Waals surface area contributed by atoms with Crippen LogP contribution >= 0.6 is 0 Å². The van der Waals surface area contributed by atoms with Gasteiger partial charge in [0, 0.05) is 0 Å². The Morgan fingerprint density at radius 2 is 2.19 bits per heavy atom. The molecule has 1 aliphatic rings. The molecule has 0 amide bonds. The molecular weight excluding hydrogens is 214 g/mol. The van der Waals surface area contributed by atoms with Gasteiger partial charge >= 0.3 is 0 Å². The van der Waals surface area contributed by atoms with Crippen molar-refractivity contribution in [2.75, 3.05) is 18.9 Å². The number of ether oxygens (including phenoxy) is 2. The van der Waals surface area contributed by atoms with E-state index in [9.17, 15) is 10.1 Å². The summed E-state index contributed by atoms with van der Waals surface area (Å²) in [6.07, 6.45) is 1.11. The SMILES string of the molecule is CC1(c2cc(N)ncc2[N+](=O)[O-])OCCO1. The molecule has 16 heavy (non-hydrogen) atoms. The number of nitrogen functional groups attached to an aromatic ring is 1. The van der Waals surface area contributed by atoms with Crippen LogP contribution in [0.3, 0.4) is 0 Å². The Bertz CT molecular complexity index is 429. The molecule has 0 atom stereocenters. The maximum absolute atomic E-state index is 10.8. The molecule has 0 saturated carbocycles. The second kappa shape index (κ2) is 3.69. The fraction of sp³-hybridized carbons (Fsp3) is 0.444. The topological polar surface area (TPSA) is 101 Å². The van der Waals surface area contributed by atoms with E-state index in [0.29, 0.717) is 18.8 Å². The van der Waals surface area contributed by atoms with Gasteiger partial charge in [-0.05, 0) is 13.0 Å². The first-order chi connectivity index (χ1) is 7.53. The zero-order valence-corrected chi connectivity index (χ0v) is 8.67. The van der Waals surface area contributed by atoms with Crippen molar-refractivity contribution in [2.45, 2.75) is 12.7 Å². The van der Waals surface area contributed by atoms with Crippen LogP contribution in [0.25, 0.3) is 0 Å². The van der Waals surface area contributed by atoms with E-state index in [1.807, 2.05) is 0 Å². The Labute approximate surface area is 91.3 Å². The molecule has 0 bridgehead atoms. The largest absolute Gasteiger partial charge is 0.384 e. The minimum atomic E-state index is -1.11. The summed E-state index contributed by atoms with van der Waals surface area (Å²) in [5.74, 6) is -0.916. The Morgan fingerprint density at radius 3 is 2.75 bits per heavy atom. The number of nitrogens with zero attached hydrogens (tertiary/aromatic N) is 2. The predicted octanol–water partition coefficient (Wildman–Crippen LogP) is 0.792. The quantitative estimate of drug-likeness (QED) is 0.589. The lowest BCUT2D eigenvalue weighted by molar-refractivity contribution is -0.388. The summed E-state index contributed by atoms with van der Waals surface area (Å²) in [7, 11) is 0. The van der Waals surface area contributed by atoms with Gasteiger partial charge in [0.05, 0.1) is 23.7 Å². The molecule has 1 fully saturated rings. The molecule has 0 aliphatic carbocycles. The summed E-state index contributed by atoms with van der Waals surface area (Å²) in [4.78, 5) is 14.0. The number of nitrogens with two attached hydrogens (primary N) is 1. The number of pyridine rings is 1. The van der Waals surface area contributed by atoms with Crippen molar-refractivity contribution in [3.05, 3.63) is 27.9 Å². The molecule has 1 saturated heterocycles. The fourth-order valence-electron chi connectivity index (χ4n) is 1.64. The van der Waals surface area contributed by atoms with Crippen LogP contribution in [-0.2, 0) is 15.3 Å². The molecule has 86 valence electrons. The zero-order valence-electron chi connectivity index (χ0n) is 8.67. The van der Waals surface area contributed by atoms with Gasteiger partial charge in [-0.3, -0.25) is 10.1 Å². The lowest BCUT2D eigenvalue weighted by atomic mass is 10.1. The molecular formula is C9H11N3O4. The van der Waals surface area contributed by atoms with Gasteiger partial charge in [-0.15, -0.1) is 0 Å². The first-order valence-corrected chi connectivity index (χ1v) is 4.71. The van der Waals surface area contributed by atoms with Crippen LogP contribution in [0.2, 0.25) is 0 Å². The highest BCUT2D eigenvalue weighted by molar-refractivity contribution is 5.47. The third kappa shape index (κ3) is 1.70. The standard InChI is InChI=1S/C9H11N3O4/c1-9(15-2-3-16-9)6-4-8(10)11-5-7(6)12(13)14/h4-5H,2-3H2,1H3,(H2,10,11). The smallest absolute Gasteiger partial charge is 0.296 e. The number of hydrogen-bond donors (Lipinski definition) is 1. The summed E-state index contributed by atoms with van der Waals surface area (Å²) in [6.45, 7) is 2.42. The van der Waals surface area contributed by atoms with E-state index < -0.39 is 10.7 Å². The molecule has 7 heteroatoms. The highest BCUT2D eigenvalue weighted by atomic mass is 16.7. The summed E-state index contributed by atoms with van der Waals surface area (Å²) >= 11 is 0. The molecule has 2 N–H and O–H groups in total. The van der Waals surface area contributed by atoms with Crippen molar-refractivity contribution in [2.24, 2.45) is 0 Å². The van der Waals surface area contributed by atoms with E-state index in [4.69, 9.17) is 15.2 Å². The first kappa shape index (κ1) is 10.8. The van der Waals surface area contributed by atoms with Crippen molar-refractivity contribution in [3.8, 4) is 0 Å². The molecule has 0 unspecified atom stereocenters. The third-order valence-corrected chi connectivity index (χ3v) is 2.43. The average molecular weight is 225 g/mol. The van der Waals surface area contributed by atoms with E-state index in [1.54, 1.807) is 6.92 Å².